The Hall–Kier alpha value is -1.81. The number of rotatable bonds is 7. The van der Waals surface area contributed by atoms with Crippen molar-refractivity contribution in [3.63, 3.8) is 0 Å². The van der Waals surface area contributed by atoms with Crippen molar-refractivity contribution in [1.82, 2.24) is 10.3 Å². The fraction of sp³-hybridized carbons (Fsp3) is 0.438. The van der Waals surface area contributed by atoms with Crippen molar-refractivity contribution in [1.29, 1.82) is 0 Å². The van der Waals surface area contributed by atoms with Crippen LogP contribution in [0.1, 0.15) is 30.7 Å². The van der Waals surface area contributed by atoms with Crippen LogP contribution in [0.5, 0.6) is 0 Å². The lowest BCUT2D eigenvalue weighted by molar-refractivity contribution is 0.563. The molecule has 0 saturated heterocycles. The highest BCUT2D eigenvalue weighted by atomic mass is 16.3. The molecule has 0 bridgehead atoms. The molecular weight excluding hydrogens is 250 g/mol. The molecule has 4 nitrogen and oxygen atoms in total. The number of nitrogens with one attached hydrogen (secondary N) is 1. The molecule has 0 spiro atoms. The highest BCUT2D eigenvalue weighted by Gasteiger charge is 2.08. The van der Waals surface area contributed by atoms with Gasteiger partial charge in [-0.25, -0.2) is 4.98 Å². The summed E-state index contributed by atoms with van der Waals surface area (Å²) in [5.41, 5.74) is 3.58. The number of anilines is 1. The van der Waals surface area contributed by atoms with Gasteiger partial charge < -0.3 is 14.6 Å². The predicted molar refractivity (Wildman–Crippen MR) is 81.8 cm³/mol. The van der Waals surface area contributed by atoms with E-state index in [1.54, 1.807) is 12.5 Å². The van der Waals surface area contributed by atoms with Gasteiger partial charge in [-0.15, -0.1) is 0 Å². The summed E-state index contributed by atoms with van der Waals surface area (Å²) >= 11 is 0. The first-order chi connectivity index (χ1) is 9.72. The summed E-state index contributed by atoms with van der Waals surface area (Å²) in [5.74, 6) is 1.01. The fourth-order valence-electron chi connectivity index (χ4n) is 2.12. The molecule has 1 N–H and O–H groups in total. The molecule has 0 aromatic carbocycles. The fourth-order valence-corrected chi connectivity index (χ4v) is 2.12. The third-order valence-electron chi connectivity index (χ3n) is 3.26. The molecule has 0 unspecified atom stereocenters. The van der Waals surface area contributed by atoms with E-state index in [1.165, 1.54) is 5.56 Å². The molecule has 2 aromatic rings. The van der Waals surface area contributed by atoms with E-state index in [4.69, 9.17) is 9.40 Å². The van der Waals surface area contributed by atoms with E-state index in [0.717, 1.165) is 43.1 Å². The first-order valence-electron chi connectivity index (χ1n) is 7.15. The number of aryl methyl sites for hydroxylation is 1. The van der Waals surface area contributed by atoms with Crippen LogP contribution in [0.15, 0.2) is 35.1 Å². The van der Waals surface area contributed by atoms with Gasteiger partial charge in [0.15, 0.2) is 0 Å². The zero-order chi connectivity index (χ0) is 14.4. The van der Waals surface area contributed by atoms with E-state index < -0.39 is 0 Å². The number of aromatic nitrogens is 1. The van der Waals surface area contributed by atoms with Crippen LogP contribution in [0.2, 0.25) is 0 Å². The lowest BCUT2D eigenvalue weighted by Crippen LogP contribution is -2.19. The maximum atomic E-state index is 5.12. The van der Waals surface area contributed by atoms with E-state index >= 15 is 0 Å². The van der Waals surface area contributed by atoms with Crippen molar-refractivity contribution in [2.75, 3.05) is 18.5 Å². The second-order valence-electron chi connectivity index (χ2n) is 4.95. The lowest BCUT2D eigenvalue weighted by Gasteiger charge is -2.19. The number of hydrogen-bond donors (Lipinski definition) is 1. The maximum Gasteiger partial charge on any atom is 0.129 e. The van der Waals surface area contributed by atoms with Crippen molar-refractivity contribution in [2.45, 2.75) is 33.4 Å². The van der Waals surface area contributed by atoms with Gasteiger partial charge in [0, 0.05) is 31.4 Å². The first kappa shape index (κ1) is 14.6. The minimum atomic E-state index is 0.803. The molecule has 0 aliphatic rings. The number of furan rings is 1. The third kappa shape index (κ3) is 3.84. The highest BCUT2D eigenvalue weighted by Crippen LogP contribution is 2.17. The summed E-state index contributed by atoms with van der Waals surface area (Å²) in [5, 5.41) is 3.37. The first-order valence-corrected chi connectivity index (χ1v) is 7.15. The Morgan fingerprint density at radius 1 is 1.25 bits per heavy atom. The van der Waals surface area contributed by atoms with Gasteiger partial charge in [0.05, 0.1) is 12.5 Å². The van der Waals surface area contributed by atoms with Gasteiger partial charge in [-0.05, 0) is 36.7 Å². The Morgan fingerprint density at radius 3 is 2.75 bits per heavy atom. The van der Waals surface area contributed by atoms with Gasteiger partial charge in [-0.1, -0.05) is 13.8 Å². The minimum Gasteiger partial charge on any atom is -0.472 e. The molecule has 0 aliphatic carbocycles. The molecule has 0 amide bonds. The van der Waals surface area contributed by atoms with Crippen LogP contribution >= 0.6 is 0 Å². The van der Waals surface area contributed by atoms with Crippen LogP contribution in [0.25, 0.3) is 0 Å². The van der Waals surface area contributed by atoms with Gasteiger partial charge in [0.25, 0.3) is 0 Å². The van der Waals surface area contributed by atoms with Gasteiger partial charge in [0.1, 0.15) is 5.82 Å². The Labute approximate surface area is 120 Å². The van der Waals surface area contributed by atoms with Gasteiger partial charge >= 0.3 is 0 Å². The van der Waals surface area contributed by atoms with Crippen LogP contribution in [0.3, 0.4) is 0 Å². The summed E-state index contributed by atoms with van der Waals surface area (Å²) in [6.07, 6.45) is 4.43. The molecule has 0 saturated carbocycles. The van der Waals surface area contributed by atoms with E-state index in [2.05, 4.69) is 43.2 Å². The second-order valence-corrected chi connectivity index (χ2v) is 4.95. The van der Waals surface area contributed by atoms with E-state index in [-0.39, 0.29) is 0 Å². The summed E-state index contributed by atoms with van der Waals surface area (Å²) in [6.45, 7) is 6.92. The zero-order valence-electron chi connectivity index (χ0n) is 12.5. The molecule has 108 valence electrons. The van der Waals surface area contributed by atoms with Crippen molar-refractivity contribution in [3.8, 4) is 0 Å². The van der Waals surface area contributed by atoms with Gasteiger partial charge in [-0.3, -0.25) is 0 Å². The molecule has 4 heteroatoms. The topological polar surface area (TPSA) is 41.3 Å². The molecule has 20 heavy (non-hydrogen) atoms. The van der Waals surface area contributed by atoms with E-state index in [1.807, 2.05) is 6.07 Å². The Balaban J connectivity index is 2.16. The predicted octanol–water partition coefficient (Wildman–Crippen LogP) is 2.98. The summed E-state index contributed by atoms with van der Waals surface area (Å²) in [4.78, 5) is 6.86. The summed E-state index contributed by atoms with van der Waals surface area (Å²) in [7, 11) is 2.06. The van der Waals surface area contributed by atoms with E-state index in [9.17, 15) is 0 Å². The van der Waals surface area contributed by atoms with Crippen LogP contribution in [0.4, 0.5) is 5.82 Å². The van der Waals surface area contributed by atoms with Gasteiger partial charge in [-0.2, -0.15) is 0 Å². The average molecular weight is 273 g/mol. The third-order valence-corrected chi connectivity index (χ3v) is 3.26. The largest absolute Gasteiger partial charge is 0.472 e. The number of nitrogens with zero attached hydrogens (tertiary/aromatic N) is 2. The lowest BCUT2D eigenvalue weighted by atomic mass is 10.2. The van der Waals surface area contributed by atoms with Crippen LogP contribution < -0.4 is 10.2 Å². The molecule has 0 fully saturated rings. The molecule has 0 aliphatic heterocycles. The monoisotopic (exact) mass is 273 g/mol. The Kier molecular flexibility index (Phi) is 5.18. The van der Waals surface area contributed by atoms with Crippen LogP contribution in [0, 0.1) is 0 Å². The summed E-state index contributed by atoms with van der Waals surface area (Å²) < 4.78 is 5.12. The Bertz CT molecular complexity index is 523. The van der Waals surface area contributed by atoms with E-state index in [0.29, 0.717) is 0 Å². The molecule has 2 aromatic heterocycles. The molecule has 2 rings (SSSR count). The highest BCUT2D eigenvalue weighted by molar-refractivity contribution is 5.42. The van der Waals surface area contributed by atoms with Crippen molar-refractivity contribution >= 4 is 5.82 Å². The standard InChI is InChI=1S/C16H23N3O/c1-4-15-8-14(10-17-5-2)9-16(18-15)19(3)11-13-6-7-20-12-13/h6-9,12,17H,4-5,10-11H2,1-3H3. The SMILES string of the molecule is CCNCc1cc(CC)nc(N(C)Cc2ccoc2)c1. The van der Waals surface area contributed by atoms with Crippen LogP contribution in [-0.2, 0) is 19.5 Å². The van der Waals surface area contributed by atoms with Crippen molar-refractivity contribution in [2.24, 2.45) is 0 Å². The maximum absolute atomic E-state index is 5.12. The summed E-state index contributed by atoms with van der Waals surface area (Å²) in [6, 6.07) is 6.32. The quantitative estimate of drug-likeness (QED) is 0.842. The average Bonchev–Trinajstić information content (AvgIpc) is 2.97. The molecular formula is C16H23N3O. The van der Waals surface area contributed by atoms with Gasteiger partial charge in [0.2, 0.25) is 0 Å². The Morgan fingerprint density at radius 2 is 2.10 bits per heavy atom. The van der Waals surface area contributed by atoms with Crippen molar-refractivity contribution in [3.05, 3.63) is 47.5 Å². The number of hydrogen-bond acceptors (Lipinski definition) is 4. The molecule has 0 atom stereocenters. The second kappa shape index (κ2) is 7.10. The zero-order valence-corrected chi connectivity index (χ0v) is 12.5. The molecule has 0 radical (unpaired) electrons. The minimum absolute atomic E-state index is 0.803. The normalized spacial score (nSPS) is 10.8. The molecule has 2 heterocycles. The van der Waals surface area contributed by atoms with Crippen LogP contribution in [-0.4, -0.2) is 18.6 Å². The number of pyridine rings is 1. The smallest absolute Gasteiger partial charge is 0.129 e. The van der Waals surface area contributed by atoms with Crippen molar-refractivity contribution < 1.29 is 4.42 Å².